The summed E-state index contributed by atoms with van der Waals surface area (Å²) in [6, 6.07) is 10.0. The van der Waals surface area contributed by atoms with Crippen LogP contribution >= 0.6 is 0 Å². The van der Waals surface area contributed by atoms with Gasteiger partial charge in [-0.2, -0.15) is 0 Å². The first-order valence-corrected chi connectivity index (χ1v) is 14.8. The van der Waals surface area contributed by atoms with Crippen LogP contribution in [0.3, 0.4) is 0 Å². The van der Waals surface area contributed by atoms with E-state index in [0.717, 1.165) is 29.0 Å². The number of hydrogen-bond acceptors (Lipinski definition) is 5. The number of ether oxygens (including phenoxy) is 3. The summed E-state index contributed by atoms with van der Waals surface area (Å²) in [6.45, 7) is 20.1. The van der Waals surface area contributed by atoms with Gasteiger partial charge < -0.3 is 18.6 Å². The molecule has 0 bridgehead atoms. The number of hydrogen-bond donors (Lipinski definition) is 0. The fraction of sp³-hybridized carbons (Fsp3) is 0.607. The average Bonchev–Trinajstić information content (AvgIpc) is 2.81. The first-order valence-electron chi connectivity index (χ1n) is 12.4. The molecule has 1 aromatic carbocycles. The first kappa shape index (κ1) is 30.1. The monoisotopic (exact) mass is 490 g/mol. The van der Waals surface area contributed by atoms with Crippen molar-refractivity contribution < 1.29 is 23.4 Å². The number of methoxy groups -OCH3 is 1. The van der Waals surface area contributed by atoms with Crippen LogP contribution < -0.4 is 4.74 Å². The smallest absolute Gasteiger partial charge is 0.302 e. The zero-order valence-electron chi connectivity index (χ0n) is 22.6. The van der Waals surface area contributed by atoms with E-state index in [4.69, 9.17) is 18.6 Å². The molecular formula is C28H46O5Si. The maximum atomic E-state index is 11.5. The molecule has 0 aromatic heterocycles. The third-order valence-electron chi connectivity index (χ3n) is 6.59. The van der Waals surface area contributed by atoms with Crippen LogP contribution in [0.4, 0.5) is 0 Å². The highest BCUT2D eigenvalue weighted by molar-refractivity contribution is 6.75. The predicted molar refractivity (Wildman–Crippen MR) is 143 cm³/mol. The van der Waals surface area contributed by atoms with Crippen molar-refractivity contribution in [2.45, 2.75) is 78.8 Å². The molecule has 0 spiro atoms. The molecule has 0 radical (unpaired) electrons. The third-order valence-corrected chi connectivity index (χ3v) is 11.8. The van der Waals surface area contributed by atoms with Gasteiger partial charge in [-0.1, -0.05) is 58.9 Å². The molecule has 0 aliphatic carbocycles. The topological polar surface area (TPSA) is 54.0 Å². The van der Waals surface area contributed by atoms with Gasteiger partial charge in [-0.05, 0) is 53.7 Å². The van der Waals surface area contributed by atoms with E-state index in [9.17, 15) is 4.79 Å². The van der Waals surface area contributed by atoms with E-state index < -0.39 is 8.32 Å². The second kappa shape index (κ2) is 15.2. The summed E-state index contributed by atoms with van der Waals surface area (Å²) in [5, 5.41) is 0. The fourth-order valence-electron chi connectivity index (χ4n) is 4.31. The molecule has 0 heterocycles. The molecule has 3 atom stereocenters. The molecule has 0 saturated carbocycles. The predicted octanol–water partition coefficient (Wildman–Crippen LogP) is 6.94. The molecule has 0 saturated heterocycles. The van der Waals surface area contributed by atoms with Crippen LogP contribution in [0.15, 0.2) is 48.6 Å². The summed E-state index contributed by atoms with van der Waals surface area (Å²) in [7, 11) is -0.318. The summed E-state index contributed by atoms with van der Waals surface area (Å²) in [5.41, 5.74) is 2.74. The van der Waals surface area contributed by atoms with Gasteiger partial charge in [-0.3, -0.25) is 4.79 Å². The Bertz CT molecular complexity index is 768. The van der Waals surface area contributed by atoms with Gasteiger partial charge in [0.15, 0.2) is 8.32 Å². The van der Waals surface area contributed by atoms with Gasteiger partial charge in [-0.15, -0.1) is 6.58 Å². The van der Waals surface area contributed by atoms with Crippen molar-refractivity contribution in [1.82, 2.24) is 0 Å². The van der Waals surface area contributed by atoms with E-state index in [-0.39, 0.29) is 30.5 Å². The lowest BCUT2D eigenvalue weighted by Crippen LogP contribution is -2.46. The van der Waals surface area contributed by atoms with Gasteiger partial charge in [0.25, 0.3) is 0 Å². The summed E-state index contributed by atoms with van der Waals surface area (Å²) in [4.78, 5) is 11.5. The molecule has 34 heavy (non-hydrogen) atoms. The van der Waals surface area contributed by atoms with Gasteiger partial charge in [0.1, 0.15) is 12.4 Å². The number of carbonyl (C=O) groups is 1. The second-order valence-corrected chi connectivity index (χ2v) is 14.4. The minimum absolute atomic E-state index is 0.101. The van der Waals surface area contributed by atoms with Crippen molar-refractivity contribution in [2.75, 3.05) is 20.3 Å². The Morgan fingerprint density at radius 1 is 1.06 bits per heavy atom. The highest BCUT2D eigenvalue weighted by Gasteiger charge is 2.39. The van der Waals surface area contributed by atoms with Crippen LogP contribution in [0.5, 0.6) is 5.75 Å². The molecule has 0 N–H and O–H groups in total. The van der Waals surface area contributed by atoms with E-state index >= 15 is 0 Å². The molecule has 1 aromatic rings. The Balaban J connectivity index is 2.98. The lowest BCUT2D eigenvalue weighted by atomic mass is 9.95. The largest absolute Gasteiger partial charge is 0.497 e. The Hall–Kier alpha value is -1.89. The van der Waals surface area contributed by atoms with Crippen LogP contribution in [0, 0.1) is 11.8 Å². The number of carbonyl (C=O) groups excluding carboxylic acids is 1. The molecule has 192 valence electrons. The number of benzene rings is 1. The van der Waals surface area contributed by atoms with Gasteiger partial charge in [-0.25, -0.2) is 0 Å². The minimum Gasteiger partial charge on any atom is -0.497 e. The molecule has 0 aliphatic heterocycles. The maximum absolute atomic E-state index is 11.5. The van der Waals surface area contributed by atoms with Gasteiger partial charge >= 0.3 is 5.97 Å². The van der Waals surface area contributed by atoms with Crippen molar-refractivity contribution in [2.24, 2.45) is 11.8 Å². The van der Waals surface area contributed by atoms with Crippen molar-refractivity contribution in [3.63, 3.8) is 0 Å². The third kappa shape index (κ3) is 9.39. The minimum atomic E-state index is -1.98. The van der Waals surface area contributed by atoms with Crippen LogP contribution in [0.25, 0.3) is 0 Å². The molecule has 1 rings (SSSR count). The molecule has 0 unspecified atom stereocenters. The van der Waals surface area contributed by atoms with E-state index in [0.29, 0.717) is 18.8 Å². The maximum Gasteiger partial charge on any atom is 0.302 e. The highest BCUT2D eigenvalue weighted by Crippen LogP contribution is 2.35. The van der Waals surface area contributed by atoms with Crippen molar-refractivity contribution >= 4 is 14.3 Å². The molecular weight excluding hydrogens is 444 g/mol. The van der Waals surface area contributed by atoms with Crippen molar-refractivity contribution in [3.8, 4) is 5.75 Å². The lowest BCUT2D eigenvalue weighted by molar-refractivity contribution is -0.142. The fourth-order valence-corrected chi connectivity index (χ4v) is 7.91. The van der Waals surface area contributed by atoms with Gasteiger partial charge in [0.05, 0.1) is 26.4 Å². The van der Waals surface area contributed by atoms with Crippen molar-refractivity contribution in [3.05, 3.63) is 54.1 Å². The SMILES string of the molecule is C=C[C@H](COC(C)=O)[C@H](O[Si](CC)(CC)C(C)C)/C(C)=C/[C@@H](C)COCc1ccc(OC)cc1. The van der Waals surface area contributed by atoms with Crippen LogP contribution in [-0.4, -0.2) is 40.7 Å². The summed E-state index contributed by atoms with van der Waals surface area (Å²) in [5.74, 6) is 0.663. The zero-order chi connectivity index (χ0) is 25.7. The Morgan fingerprint density at radius 2 is 1.68 bits per heavy atom. The normalized spacial score (nSPS) is 15.0. The molecule has 5 nitrogen and oxygen atoms in total. The summed E-state index contributed by atoms with van der Waals surface area (Å²) < 4.78 is 23.6. The Morgan fingerprint density at radius 3 is 2.15 bits per heavy atom. The zero-order valence-corrected chi connectivity index (χ0v) is 23.6. The Labute approximate surface area is 208 Å². The van der Waals surface area contributed by atoms with Gasteiger partial charge in [0, 0.05) is 12.8 Å². The van der Waals surface area contributed by atoms with Crippen molar-refractivity contribution in [1.29, 1.82) is 0 Å². The first-order chi connectivity index (χ1) is 16.1. The van der Waals surface area contributed by atoms with Crippen LogP contribution in [0.2, 0.25) is 17.6 Å². The van der Waals surface area contributed by atoms with Crippen LogP contribution in [0.1, 0.15) is 54.0 Å². The lowest BCUT2D eigenvalue weighted by Gasteiger charge is -2.40. The standard InChI is InChI=1S/C28H46O5Si/c1-10-26(20-32-24(8)29)28(33-34(11-2,12-3)21(4)5)23(7)17-22(6)18-31-19-25-13-15-27(30-9)16-14-25/h10,13-17,21-22,26,28H,1,11-12,18-20H2,2-9H3/b23-17+/t22-,26-,28-/m1/s1. The second-order valence-electron chi connectivity index (χ2n) is 9.42. The van der Waals surface area contributed by atoms with E-state index in [2.05, 4.69) is 54.2 Å². The van der Waals surface area contributed by atoms with E-state index in [1.165, 1.54) is 6.92 Å². The quantitative estimate of drug-likeness (QED) is 0.143. The summed E-state index contributed by atoms with van der Waals surface area (Å²) >= 11 is 0. The van der Waals surface area contributed by atoms with E-state index in [1.54, 1.807) is 7.11 Å². The van der Waals surface area contributed by atoms with E-state index in [1.807, 2.05) is 30.3 Å². The van der Waals surface area contributed by atoms with Gasteiger partial charge in [0.2, 0.25) is 0 Å². The summed E-state index contributed by atoms with van der Waals surface area (Å²) in [6.07, 6.45) is 3.92. The highest BCUT2D eigenvalue weighted by atomic mass is 28.4. The number of rotatable bonds is 16. The molecule has 0 fully saturated rings. The number of esters is 1. The average molecular weight is 491 g/mol. The molecule has 6 heteroatoms. The van der Waals surface area contributed by atoms with Crippen LogP contribution in [-0.2, 0) is 25.3 Å². The molecule has 0 aliphatic rings. The Kier molecular flexibility index (Phi) is 13.5. The molecule has 0 amide bonds.